The number of carbonyl (C=O) groups excluding carboxylic acids is 1. The van der Waals surface area contributed by atoms with E-state index >= 15 is 0 Å². The topological polar surface area (TPSA) is 100 Å². The monoisotopic (exact) mass is 344 g/mol. The molecule has 1 aliphatic rings. The van der Waals surface area contributed by atoms with Crippen LogP contribution in [-0.4, -0.2) is 33.4 Å². The Balaban J connectivity index is 1.63. The highest BCUT2D eigenvalue weighted by atomic mass is 16.5. The van der Waals surface area contributed by atoms with E-state index in [-0.39, 0.29) is 18.6 Å². The molecular weight excluding hydrogens is 320 g/mol. The van der Waals surface area contributed by atoms with Gasteiger partial charge in [0.05, 0.1) is 12.1 Å². The predicted molar refractivity (Wildman–Crippen MR) is 94.3 cm³/mol. The van der Waals surface area contributed by atoms with Crippen LogP contribution < -0.4 is 10.6 Å². The second-order valence-electron chi connectivity index (χ2n) is 6.91. The SMILES string of the molecule is CC(C)c1noc(-c2ccc(NC(=O)NC3(CO)CCCC3)cc2)n1. The minimum Gasteiger partial charge on any atom is -0.394 e. The quantitative estimate of drug-likeness (QED) is 0.773. The molecule has 0 atom stereocenters. The van der Waals surface area contributed by atoms with Crippen molar-refractivity contribution in [2.24, 2.45) is 0 Å². The van der Waals surface area contributed by atoms with Gasteiger partial charge < -0.3 is 20.3 Å². The first-order chi connectivity index (χ1) is 12.0. The van der Waals surface area contributed by atoms with Gasteiger partial charge in [-0.15, -0.1) is 0 Å². The molecule has 3 rings (SSSR count). The molecule has 1 fully saturated rings. The maximum atomic E-state index is 12.2. The lowest BCUT2D eigenvalue weighted by molar-refractivity contribution is 0.167. The van der Waals surface area contributed by atoms with Gasteiger partial charge in [0.15, 0.2) is 5.82 Å². The highest BCUT2D eigenvalue weighted by Gasteiger charge is 2.34. The van der Waals surface area contributed by atoms with Crippen LogP contribution >= 0.6 is 0 Å². The fourth-order valence-electron chi connectivity index (χ4n) is 3.06. The van der Waals surface area contributed by atoms with Gasteiger partial charge in [-0.3, -0.25) is 0 Å². The molecule has 0 bridgehead atoms. The lowest BCUT2D eigenvalue weighted by atomic mass is 9.99. The van der Waals surface area contributed by atoms with Crippen LogP contribution in [0.15, 0.2) is 28.8 Å². The minimum absolute atomic E-state index is 0.0330. The van der Waals surface area contributed by atoms with Gasteiger partial charge in [-0.1, -0.05) is 31.8 Å². The van der Waals surface area contributed by atoms with E-state index in [9.17, 15) is 9.90 Å². The first kappa shape index (κ1) is 17.4. The molecule has 2 amide bonds. The Hall–Kier alpha value is -2.41. The lowest BCUT2D eigenvalue weighted by Gasteiger charge is -2.27. The third-order valence-corrected chi connectivity index (χ3v) is 4.59. The van der Waals surface area contributed by atoms with Crippen molar-refractivity contribution < 1.29 is 14.4 Å². The maximum Gasteiger partial charge on any atom is 0.319 e. The second-order valence-corrected chi connectivity index (χ2v) is 6.91. The van der Waals surface area contributed by atoms with Crippen molar-refractivity contribution in [2.45, 2.75) is 51.0 Å². The molecule has 3 N–H and O–H groups in total. The number of nitrogens with zero attached hydrogens (tertiary/aromatic N) is 2. The Morgan fingerprint density at radius 2 is 1.96 bits per heavy atom. The fraction of sp³-hybridized carbons (Fsp3) is 0.500. The highest BCUT2D eigenvalue weighted by molar-refractivity contribution is 5.90. The number of hydrogen-bond donors (Lipinski definition) is 3. The first-order valence-electron chi connectivity index (χ1n) is 8.65. The van der Waals surface area contributed by atoms with Crippen LogP contribution in [0.25, 0.3) is 11.5 Å². The van der Waals surface area contributed by atoms with Crippen molar-refractivity contribution in [1.29, 1.82) is 0 Å². The summed E-state index contributed by atoms with van der Waals surface area (Å²) in [6, 6.07) is 6.92. The molecule has 1 saturated carbocycles. The first-order valence-corrected chi connectivity index (χ1v) is 8.65. The lowest BCUT2D eigenvalue weighted by Crippen LogP contribution is -2.50. The number of nitrogens with one attached hydrogen (secondary N) is 2. The molecule has 0 unspecified atom stereocenters. The van der Waals surface area contributed by atoms with Crippen LogP contribution in [0.5, 0.6) is 0 Å². The van der Waals surface area contributed by atoms with Gasteiger partial charge in [0.1, 0.15) is 0 Å². The summed E-state index contributed by atoms with van der Waals surface area (Å²) in [6.45, 7) is 3.97. The van der Waals surface area contributed by atoms with E-state index in [0.29, 0.717) is 17.4 Å². The summed E-state index contributed by atoms with van der Waals surface area (Å²) in [4.78, 5) is 16.5. The van der Waals surface area contributed by atoms with E-state index < -0.39 is 5.54 Å². The van der Waals surface area contributed by atoms with Crippen molar-refractivity contribution in [3.63, 3.8) is 0 Å². The Morgan fingerprint density at radius 3 is 2.52 bits per heavy atom. The summed E-state index contributed by atoms with van der Waals surface area (Å²) in [5.41, 5.74) is 0.977. The molecular formula is C18H24N4O3. The van der Waals surface area contributed by atoms with Crippen LogP contribution in [0, 0.1) is 0 Å². The number of amides is 2. The summed E-state index contributed by atoms with van der Waals surface area (Å²) in [6.07, 6.45) is 3.67. The molecule has 1 heterocycles. The molecule has 134 valence electrons. The number of aliphatic hydroxyl groups excluding tert-OH is 1. The average molecular weight is 344 g/mol. The smallest absolute Gasteiger partial charge is 0.319 e. The normalized spacial score (nSPS) is 16.2. The van der Waals surface area contributed by atoms with Gasteiger partial charge in [0, 0.05) is 17.2 Å². The third-order valence-electron chi connectivity index (χ3n) is 4.59. The van der Waals surface area contributed by atoms with E-state index in [0.717, 1.165) is 31.2 Å². The number of carbonyl (C=O) groups is 1. The molecule has 7 nitrogen and oxygen atoms in total. The summed E-state index contributed by atoms with van der Waals surface area (Å²) in [5.74, 6) is 1.34. The number of rotatable bonds is 5. The molecule has 1 aromatic carbocycles. The van der Waals surface area contributed by atoms with Crippen molar-refractivity contribution in [3.05, 3.63) is 30.1 Å². The summed E-state index contributed by atoms with van der Waals surface area (Å²) < 4.78 is 5.26. The number of benzene rings is 1. The zero-order valence-electron chi connectivity index (χ0n) is 14.6. The zero-order valence-corrected chi connectivity index (χ0v) is 14.6. The molecule has 1 aliphatic carbocycles. The Kier molecular flexibility index (Phi) is 5.03. The van der Waals surface area contributed by atoms with Gasteiger partial charge in [0.2, 0.25) is 0 Å². The average Bonchev–Trinajstić information content (AvgIpc) is 3.25. The zero-order chi connectivity index (χ0) is 17.9. The third kappa shape index (κ3) is 3.99. The van der Waals surface area contributed by atoms with E-state index in [4.69, 9.17) is 4.52 Å². The summed E-state index contributed by atoms with van der Waals surface area (Å²) >= 11 is 0. The van der Waals surface area contributed by atoms with Crippen molar-refractivity contribution >= 4 is 11.7 Å². The molecule has 0 radical (unpaired) electrons. The summed E-state index contributed by atoms with van der Waals surface area (Å²) in [5, 5.41) is 19.2. The summed E-state index contributed by atoms with van der Waals surface area (Å²) in [7, 11) is 0. The van der Waals surface area contributed by atoms with Gasteiger partial charge in [-0.05, 0) is 37.1 Å². The van der Waals surface area contributed by atoms with Crippen LogP contribution in [0.2, 0.25) is 0 Å². The molecule has 25 heavy (non-hydrogen) atoms. The largest absolute Gasteiger partial charge is 0.394 e. The van der Waals surface area contributed by atoms with Gasteiger partial charge in [0.25, 0.3) is 5.89 Å². The van der Waals surface area contributed by atoms with E-state index in [2.05, 4.69) is 20.8 Å². The number of hydrogen-bond acceptors (Lipinski definition) is 5. The predicted octanol–water partition coefficient (Wildman–Crippen LogP) is 3.29. The molecule has 0 saturated heterocycles. The fourth-order valence-corrected chi connectivity index (χ4v) is 3.06. The van der Waals surface area contributed by atoms with E-state index in [1.54, 1.807) is 12.1 Å². The molecule has 1 aromatic heterocycles. The van der Waals surface area contributed by atoms with Crippen LogP contribution in [-0.2, 0) is 0 Å². The number of aromatic nitrogens is 2. The Bertz CT molecular complexity index is 718. The standard InChI is InChI=1S/C18H24N4O3/c1-12(2)15-20-16(25-22-15)13-5-7-14(8-6-13)19-17(24)21-18(11-23)9-3-4-10-18/h5-8,12,23H,3-4,9-11H2,1-2H3,(H2,19,21,24). The highest BCUT2D eigenvalue weighted by Crippen LogP contribution is 2.29. The Labute approximate surface area is 146 Å². The molecule has 7 heteroatoms. The molecule has 2 aromatic rings. The van der Waals surface area contributed by atoms with Gasteiger partial charge >= 0.3 is 6.03 Å². The molecule has 0 aliphatic heterocycles. The van der Waals surface area contributed by atoms with Crippen LogP contribution in [0.4, 0.5) is 10.5 Å². The van der Waals surface area contributed by atoms with E-state index in [1.807, 2.05) is 26.0 Å². The molecule has 0 spiro atoms. The number of aliphatic hydroxyl groups is 1. The maximum absolute atomic E-state index is 12.2. The van der Waals surface area contributed by atoms with Gasteiger partial charge in [-0.2, -0.15) is 4.98 Å². The van der Waals surface area contributed by atoms with Crippen molar-refractivity contribution in [3.8, 4) is 11.5 Å². The van der Waals surface area contributed by atoms with Crippen LogP contribution in [0.3, 0.4) is 0 Å². The van der Waals surface area contributed by atoms with Gasteiger partial charge in [-0.25, -0.2) is 4.79 Å². The second kappa shape index (κ2) is 7.23. The van der Waals surface area contributed by atoms with Crippen LogP contribution in [0.1, 0.15) is 51.3 Å². The number of urea groups is 1. The van der Waals surface area contributed by atoms with Crippen molar-refractivity contribution in [1.82, 2.24) is 15.5 Å². The van der Waals surface area contributed by atoms with E-state index in [1.165, 1.54) is 0 Å². The minimum atomic E-state index is -0.485. The van der Waals surface area contributed by atoms with Crippen molar-refractivity contribution in [2.75, 3.05) is 11.9 Å². The number of anilines is 1. The Morgan fingerprint density at radius 1 is 1.28 bits per heavy atom.